The number of carboxylic acids is 1. The lowest BCUT2D eigenvalue weighted by Gasteiger charge is -2.06. The number of ether oxygens (including phenoxy) is 1. The number of carbonyl (C=O) groups excluding carboxylic acids is 1. The molecule has 1 aromatic carbocycles. The Hall–Kier alpha value is -4.55. The molecule has 0 spiro atoms. The van der Waals surface area contributed by atoms with Gasteiger partial charge in [0.2, 0.25) is 18.0 Å². The van der Waals surface area contributed by atoms with Gasteiger partial charge in [0.25, 0.3) is 0 Å². The van der Waals surface area contributed by atoms with Gasteiger partial charge in [-0.2, -0.15) is 9.78 Å². The minimum Gasteiger partial charge on any atom is -0.486 e. The fourth-order valence-corrected chi connectivity index (χ4v) is 2.48. The molecular formula is C19H18N6O7. The number of aromatic carboxylic acids is 1. The van der Waals surface area contributed by atoms with Crippen LogP contribution in [0.2, 0.25) is 0 Å². The summed E-state index contributed by atoms with van der Waals surface area (Å²) in [6.07, 6.45) is 1.20. The molecule has 0 fully saturated rings. The number of hydrazone groups is 1. The maximum atomic E-state index is 11.9. The van der Waals surface area contributed by atoms with Crippen molar-refractivity contribution >= 4 is 23.5 Å². The number of carbonyl (C=O) groups is 2. The van der Waals surface area contributed by atoms with Crippen molar-refractivity contribution in [3.8, 4) is 5.75 Å². The Kier molecular flexibility index (Phi) is 6.90. The number of amides is 1. The van der Waals surface area contributed by atoms with E-state index in [0.717, 1.165) is 5.56 Å². The van der Waals surface area contributed by atoms with Gasteiger partial charge in [-0.1, -0.05) is 4.98 Å². The molecule has 13 nitrogen and oxygen atoms in total. The van der Waals surface area contributed by atoms with E-state index in [1.165, 1.54) is 23.1 Å². The molecule has 13 heteroatoms. The molecule has 3 aromatic rings. The summed E-state index contributed by atoms with van der Waals surface area (Å²) in [5.74, 6) is -1.30. The van der Waals surface area contributed by atoms with Crippen LogP contribution in [0.1, 0.15) is 35.2 Å². The number of nitro groups is 1. The molecule has 0 bridgehead atoms. The van der Waals surface area contributed by atoms with E-state index in [1.807, 2.05) is 0 Å². The lowest BCUT2D eigenvalue weighted by Crippen LogP contribution is -2.21. The standard InChI is InChI=1S/C19H18N6O7/c1-12(21-22-17(26)8-9-24-11-20-19(23-24)25(29)30)13-2-4-14(5-3-13)31-10-15-6-7-16(32-15)18(27)28/h2-7,11H,8-10H2,1H3,(H,22,26)(H,27,28). The molecule has 0 aliphatic heterocycles. The smallest absolute Gasteiger partial charge is 0.486 e. The number of benzene rings is 1. The number of nitrogens with one attached hydrogen (secondary N) is 1. The second kappa shape index (κ2) is 9.97. The van der Waals surface area contributed by atoms with E-state index in [1.54, 1.807) is 31.2 Å². The van der Waals surface area contributed by atoms with Crippen molar-refractivity contribution in [2.45, 2.75) is 26.5 Å². The summed E-state index contributed by atoms with van der Waals surface area (Å²) < 4.78 is 11.9. The molecular weight excluding hydrogens is 424 g/mol. The number of aryl methyl sites for hydroxylation is 1. The normalized spacial score (nSPS) is 11.2. The van der Waals surface area contributed by atoms with E-state index in [4.69, 9.17) is 14.3 Å². The van der Waals surface area contributed by atoms with Crippen LogP contribution in [0.25, 0.3) is 0 Å². The van der Waals surface area contributed by atoms with Gasteiger partial charge in [-0.25, -0.2) is 10.2 Å². The molecule has 0 aliphatic carbocycles. The van der Waals surface area contributed by atoms with E-state index >= 15 is 0 Å². The van der Waals surface area contributed by atoms with Crippen LogP contribution in [0.3, 0.4) is 0 Å². The lowest BCUT2D eigenvalue weighted by molar-refractivity contribution is -0.394. The van der Waals surface area contributed by atoms with Crippen LogP contribution < -0.4 is 10.2 Å². The lowest BCUT2D eigenvalue weighted by atomic mass is 10.1. The van der Waals surface area contributed by atoms with E-state index in [0.29, 0.717) is 17.2 Å². The van der Waals surface area contributed by atoms with Gasteiger partial charge in [0, 0.05) is 11.5 Å². The van der Waals surface area contributed by atoms with Crippen LogP contribution in [0.5, 0.6) is 5.75 Å². The van der Waals surface area contributed by atoms with Crippen molar-refractivity contribution < 1.29 is 28.8 Å². The highest BCUT2D eigenvalue weighted by Crippen LogP contribution is 2.16. The molecule has 2 heterocycles. The van der Waals surface area contributed by atoms with Gasteiger partial charge in [-0.05, 0) is 53.8 Å². The summed E-state index contributed by atoms with van der Waals surface area (Å²) in [5, 5.41) is 27.1. The second-order valence-corrected chi connectivity index (χ2v) is 6.43. The SMILES string of the molecule is CC(=NNC(=O)CCn1cnc([N+](=O)[O-])n1)c1ccc(OCc2ccc(C(=O)O)o2)cc1. The minimum absolute atomic E-state index is 0.0143. The van der Waals surface area contributed by atoms with Crippen molar-refractivity contribution in [1.29, 1.82) is 0 Å². The van der Waals surface area contributed by atoms with E-state index < -0.39 is 16.8 Å². The van der Waals surface area contributed by atoms with Crippen LogP contribution in [-0.4, -0.2) is 42.4 Å². The predicted octanol–water partition coefficient (Wildman–Crippen LogP) is 1.99. The summed E-state index contributed by atoms with van der Waals surface area (Å²) >= 11 is 0. The van der Waals surface area contributed by atoms with Gasteiger partial charge in [-0.15, -0.1) is 0 Å². The number of hydrogen-bond donors (Lipinski definition) is 2. The maximum absolute atomic E-state index is 11.9. The fraction of sp³-hybridized carbons (Fsp3) is 0.211. The Balaban J connectivity index is 1.47. The Morgan fingerprint density at radius 1 is 1.28 bits per heavy atom. The molecule has 0 unspecified atom stereocenters. The molecule has 2 N–H and O–H groups in total. The Morgan fingerprint density at radius 3 is 2.66 bits per heavy atom. The molecule has 32 heavy (non-hydrogen) atoms. The largest absolute Gasteiger partial charge is 0.490 e. The van der Waals surface area contributed by atoms with Crippen LogP contribution in [0.4, 0.5) is 5.95 Å². The Labute approximate surface area is 180 Å². The van der Waals surface area contributed by atoms with Crippen molar-refractivity contribution in [2.75, 3.05) is 0 Å². The molecule has 0 saturated carbocycles. The highest BCUT2D eigenvalue weighted by molar-refractivity contribution is 5.99. The second-order valence-electron chi connectivity index (χ2n) is 6.43. The van der Waals surface area contributed by atoms with Crippen LogP contribution >= 0.6 is 0 Å². The first kappa shape index (κ1) is 22.1. The van der Waals surface area contributed by atoms with Crippen molar-refractivity contribution in [1.82, 2.24) is 20.2 Å². The van der Waals surface area contributed by atoms with Crippen molar-refractivity contribution in [3.63, 3.8) is 0 Å². The summed E-state index contributed by atoms with van der Waals surface area (Å²) in [7, 11) is 0. The topological polar surface area (TPSA) is 175 Å². The maximum Gasteiger partial charge on any atom is 0.490 e. The van der Waals surface area contributed by atoms with Crippen LogP contribution in [0, 0.1) is 10.1 Å². The Bertz CT molecular complexity index is 1150. The van der Waals surface area contributed by atoms with Gasteiger partial charge in [0.05, 0.1) is 12.3 Å². The zero-order chi connectivity index (χ0) is 23.1. The Morgan fingerprint density at radius 2 is 2.03 bits per heavy atom. The molecule has 0 aliphatic rings. The van der Waals surface area contributed by atoms with Crippen molar-refractivity contribution in [2.24, 2.45) is 5.10 Å². The number of hydrogen-bond acceptors (Lipinski definition) is 9. The highest BCUT2D eigenvalue weighted by Gasteiger charge is 2.14. The molecule has 0 atom stereocenters. The third-order valence-electron chi connectivity index (χ3n) is 4.13. The first-order valence-corrected chi connectivity index (χ1v) is 9.24. The first-order chi connectivity index (χ1) is 15.3. The quantitative estimate of drug-likeness (QED) is 0.270. The summed E-state index contributed by atoms with van der Waals surface area (Å²) in [6, 6.07) is 9.79. The molecule has 0 radical (unpaired) electrons. The average molecular weight is 442 g/mol. The van der Waals surface area contributed by atoms with E-state index in [-0.39, 0.29) is 31.2 Å². The number of rotatable bonds is 10. The number of aromatic nitrogens is 3. The third kappa shape index (κ3) is 5.98. The van der Waals surface area contributed by atoms with Crippen molar-refractivity contribution in [3.05, 3.63) is 69.9 Å². The predicted molar refractivity (Wildman–Crippen MR) is 108 cm³/mol. The summed E-state index contributed by atoms with van der Waals surface area (Å²) in [6.45, 7) is 1.91. The third-order valence-corrected chi connectivity index (χ3v) is 4.13. The number of nitrogens with zero attached hydrogens (tertiary/aromatic N) is 5. The zero-order valence-corrected chi connectivity index (χ0v) is 16.8. The molecule has 166 valence electrons. The fourth-order valence-electron chi connectivity index (χ4n) is 2.48. The molecule has 0 saturated heterocycles. The van der Waals surface area contributed by atoms with E-state index in [9.17, 15) is 19.7 Å². The highest BCUT2D eigenvalue weighted by atomic mass is 16.6. The van der Waals surface area contributed by atoms with E-state index in [2.05, 4.69) is 20.6 Å². The molecule has 2 aromatic heterocycles. The monoisotopic (exact) mass is 442 g/mol. The summed E-state index contributed by atoms with van der Waals surface area (Å²) in [4.78, 5) is 36.1. The minimum atomic E-state index is -1.15. The van der Waals surface area contributed by atoms with Gasteiger partial charge in [0.15, 0.2) is 0 Å². The van der Waals surface area contributed by atoms with Gasteiger partial charge in [-0.3, -0.25) is 4.79 Å². The molecule has 1 amide bonds. The van der Waals surface area contributed by atoms with Gasteiger partial charge < -0.3 is 24.4 Å². The number of furan rings is 1. The number of carboxylic acid groups (broad SMARTS) is 1. The first-order valence-electron chi connectivity index (χ1n) is 9.24. The van der Waals surface area contributed by atoms with Gasteiger partial charge in [0.1, 0.15) is 18.1 Å². The summed E-state index contributed by atoms with van der Waals surface area (Å²) in [5.41, 5.74) is 3.72. The average Bonchev–Trinajstić information content (AvgIpc) is 3.45. The van der Waals surface area contributed by atoms with Crippen LogP contribution in [0.15, 0.2) is 52.2 Å². The molecule has 3 rings (SSSR count). The van der Waals surface area contributed by atoms with Gasteiger partial charge >= 0.3 is 11.9 Å². The van der Waals surface area contributed by atoms with Crippen LogP contribution in [-0.2, 0) is 17.9 Å². The zero-order valence-electron chi connectivity index (χ0n) is 16.8.